The van der Waals surface area contributed by atoms with Crippen LogP contribution in [0.5, 0.6) is 0 Å². The van der Waals surface area contributed by atoms with Gasteiger partial charge in [-0.15, -0.1) is 0 Å². The average molecular weight is 368 g/mol. The number of halogens is 2. The van der Waals surface area contributed by atoms with E-state index in [1.807, 2.05) is 0 Å². The fraction of sp³-hybridized carbons (Fsp3) is 0.579. The van der Waals surface area contributed by atoms with Crippen LogP contribution in [-0.4, -0.2) is 35.6 Å². The first kappa shape index (κ1) is 20.1. The number of carbonyl (C=O) groups is 2. The Morgan fingerprint density at radius 1 is 1.23 bits per heavy atom. The van der Waals surface area contributed by atoms with Crippen LogP contribution < -0.4 is 5.32 Å². The molecular formula is C19H26F2N2O3. The van der Waals surface area contributed by atoms with Crippen molar-refractivity contribution in [3.63, 3.8) is 0 Å². The van der Waals surface area contributed by atoms with Gasteiger partial charge in [0, 0.05) is 30.6 Å². The monoisotopic (exact) mass is 368 g/mol. The number of piperidine rings is 1. The molecule has 0 bridgehead atoms. The number of carbonyl (C=O) groups excluding carboxylic acids is 2. The lowest BCUT2D eigenvalue weighted by molar-refractivity contribution is -0.127. The number of benzene rings is 1. The smallest absolute Gasteiger partial charge is 0.410 e. The highest BCUT2D eigenvalue weighted by atomic mass is 19.1. The quantitative estimate of drug-likeness (QED) is 0.883. The molecule has 0 saturated carbocycles. The Labute approximate surface area is 152 Å². The molecule has 0 spiro atoms. The van der Waals surface area contributed by atoms with Crippen LogP contribution in [0.2, 0.25) is 0 Å². The van der Waals surface area contributed by atoms with E-state index in [9.17, 15) is 18.4 Å². The van der Waals surface area contributed by atoms with Gasteiger partial charge < -0.3 is 15.0 Å². The van der Waals surface area contributed by atoms with E-state index in [-0.39, 0.29) is 23.5 Å². The van der Waals surface area contributed by atoms with E-state index in [1.165, 1.54) is 12.1 Å². The Morgan fingerprint density at radius 3 is 2.38 bits per heavy atom. The lowest BCUT2D eigenvalue weighted by atomic mass is 9.95. The van der Waals surface area contributed by atoms with Gasteiger partial charge in [-0.25, -0.2) is 13.6 Å². The van der Waals surface area contributed by atoms with Crippen LogP contribution in [0, 0.1) is 17.6 Å². The first-order valence-electron chi connectivity index (χ1n) is 8.80. The summed E-state index contributed by atoms with van der Waals surface area (Å²) in [5.41, 5.74) is -0.314. The van der Waals surface area contributed by atoms with E-state index >= 15 is 0 Å². The van der Waals surface area contributed by atoms with E-state index in [0.29, 0.717) is 25.9 Å². The summed E-state index contributed by atoms with van der Waals surface area (Å²) < 4.78 is 32.2. The molecular weight excluding hydrogens is 342 g/mol. The van der Waals surface area contributed by atoms with Crippen LogP contribution in [0.4, 0.5) is 13.6 Å². The molecule has 0 aliphatic carbocycles. The van der Waals surface area contributed by atoms with Gasteiger partial charge in [-0.2, -0.15) is 0 Å². The second-order valence-electron chi connectivity index (χ2n) is 7.64. The molecule has 1 atom stereocenters. The number of likely N-dealkylation sites (tertiary alicyclic amines) is 1. The van der Waals surface area contributed by atoms with E-state index in [0.717, 1.165) is 6.07 Å². The number of nitrogens with one attached hydrogen (secondary N) is 1. The third kappa shape index (κ3) is 5.41. The summed E-state index contributed by atoms with van der Waals surface area (Å²) in [6.45, 7) is 7.95. The zero-order valence-corrected chi connectivity index (χ0v) is 15.6. The molecule has 1 saturated heterocycles. The van der Waals surface area contributed by atoms with Crippen molar-refractivity contribution >= 4 is 12.0 Å². The summed E-state index contributed by atoms with van der Waals surface area (Å²) in [5.74, 6) is -1.78. The molecule has 0 unspecified atom stereocenters. The maximum Gasteiger partial charge on any atom is 0.410 e. The van der Waals surface area contributed by atoms with E-state index in [2.05, 4.69) is 5.32 Å². The van der Waals surface area contributed by atoms with Gasteiger partial charge in [-0.1, -0.05) is 6.07 Å². The molecule has 1 aliphatic rings. The summed E-state index contributed by atoms with van der Waals surface area (Å²) in [6, 6.07) is 2.74. The Morgan fingerprint density at radius 2 is 1.85 bits per heavy atom. The van der Waals surface area contributed by atoms with Crippen LogP contribution in [0.1, 0.15) is 52.1 Å². The summed E-state index contributed by atoms with van der Waals surface area (Å²) in [4.78, 5) is 26.1. The summed E-state index contributed by atoms with van der Waals surface area (Å²) >= 11 is 0. The minimum Gasteiger partial charge on any atom is -0.444 e. The number of ether oxygens (including phenoxy) is 1. The topological polar surface area (TPSA) is 58.6 Å². The Kier molecular flexibility index (Phi) is 6.21. The summed E-state index contributed by atoms with van der Waals surface area (Å²) in [7, 11) is 0. The fourth-order valence-corrected chi connectivity index (χ4v) is 2.91. The standard InChI is InChI=1S/C19H26F2N2O3/c1-12(15-6-5-14(20)11-16(15)21)22-17(24)13-7-9-23(10-8-13)18(25)26-19(2,3)4/h5-6,11-13H,7-10H2,1-4H3,(H,22,24)/t12-/m1/s1. The summed E-state index contributed by atoms with van der Waals surface area (Å²) in [6.07, 6.45) is 0.658. The molecule has 1 fully saturated rings. The SMILES string of the molecule is C[C@@H](NC(=O)C1CCN(C(=O)OC(C)(C)C)CC1)c1ccc(F)cc1F. The maximum absolute atomic E-state index is 13.8. The van der Waals surface area contributed by atoms with Gasteiger partial charge in [-0.3, -0.25) is 4.79 Å². The highest BCUT2D eigenvalue weighted by molar-refractivity contribution is 5.79. The molecule has 2 rings (SSSR count). The third-order valence-electron chi connectivity index (χ3n) is 4.31. The van der Waals surface area contributed by atoms with E-state index in [4.69, 9.17) is 4.74 Å². The van der Waals surface area contributed by atoms with Gasteiger partial charge >= 0.3 is 6.09 Å². The molecule has 1 aromatic carbocycles. The van der Waals surface area contributed by atoms with Crippen molar-refractivity contribution in [2.24, 2.45) is 5.92 Å². The molecule has 1 N–H and O–H groups in total. The predicted molar refractivity (Wildman–Crippen MR) is 93.4 cm³/mol. The molecule has 144 valence electrons. The largest absolute Gasteiger partial charge is 0.444 e. The zero-order valence-electron chi connectivity index (χ0n) is 15.6. The van der Waals surface area contributed by atoms with Crippen LogP contribution in [-0.2, 0) is 9.53 Å². The molecule has 1 aliphatic heterocycles. The van der Waals surface area contributed by atoms with Crippen molar-refractivity contribution in [3.05, 3.63) is 35.4 Å². The second-order valence-corrected chi connectivity index (χ2v) is 7.64. The molecule has 5 nitrogen and oxygen atoms in total. The van der Waals surface area contributed by atoms with E-state index < -0.39 is 23.3 Å². The Bertz CT molecular complexity index is 665. The Hall–Kier alpha value is -2.18. The van der Waals surface area contributed by atoms with Crippen LogP contribution in [0.25, 0.3) is 0 Å². The van der Waals surface area contributed by atoms with Crippen molar-refractivity contribution in [1.82, 2.24) is 10.2 Å². The van der Waals surface area contributed by atoms with Crippen LogP contribution in [0.3, 0.4) is 0 Å². The minimum absolute atomic E-state index is 0.190. The van der Waals surface area contributed by atoms with Gasteiger partial charge in [0.05, 0.1) is 6.04 Å². The van der Waals surface area contributed by atoms with Gasteiger partial charge in [0.2, 0.25) is 5.91 Å². The Balaban J connectivity index is 1.87. The van der Waals surface area contributed by atoms with E-state index in [1.54, 1.807) is 32.6 Å². The number of amides is 2. The number of hydrogen-bond donors (Lipinski definition) is 1. The van der Waals surface area contributed by atoms with Crippen molar-refractivity contribution in [3.8, 4) is 0 Å². The van der Waals surface area contributed by atoms with Gasteiger partial charge in [-0.05, 0) is 46.6 Å². The first-order valence-corrected chi connectivity index (χ1v) is 8.80. The molecule has 26 heavy (non-hydrogen) atoms. The predicted octanol–water partition coefficient (Wildman–Crippen LogP) is 3.79. The van der Waals surface area contributed by atoms with Gasteiger partial charge in [0.15, 0.2) is 0 Å². The normalized spacial score (nSPS) is 16.9. The summed E-state index contributed by atoms with van der Waals surface area (Å²) in [5, 5.41) is 2.77. The third-order valence-corrected chi connectivity index (χ3v) is 4.31. The molecule has 2 amide bonds. The van der Waals surface area contributed by atoms with Gasteiger partial charge in [0.1, 0.15) is 17.2 Å². The number of nitrogens with zero attached hydrogens (tertiary/aromatic N) is 1. The van der Waals surface area contributed by atoms with Crippen molar-refractivity contribution in [2.45, 2.75) is 52.2 Å². The second kappa shape index (κ2) is 8.01. The minimum atomic E-state index is -0.683. The van der Waals surface area contributed by atoms with Crippen molar-refractivity contribution in [2.75, 3.05) is 13.1 Å². The number of rotatable bonds is 3. The molecule has 1 heterocycles. The highest BCUT2D eigenvalue weighted by Gasteiger charge is 2.30. The zero-order chi connectivity index (χ0) is 19.5. The number of hydrogen-bond acceptors (Lipinski definition) is 3. The van der Waals surface area contributed by atoms with Crippen molar-refractivity contribution < 1.29 is 23.1 Å². The lowest BCUT2D eigenvalue weighted by Crippen LogP contribution is -2.45. The maximum atomic E-state index is 13.8. The molecule has 7 heteroatoms. The molecule has 0 aromatic heterocycles. The van der Waals surface area contributed by atoms with Crippen LogP contribution >= 0.6 is 0 Å². The fourth-order valence-electron chi connectivity index (χ4n) is 2.91. The van der Waals surface area contributed by atoms with Crippen LogP contribution in [0.15, 0.2) is 18.2 Å². The van der Waals surface area contributed by atoms with Gasteiger partial charge in [0.25, 0.3) is 0 Å². The highest BCUT2D eigenvalue weighted by Crippen LogP contribution is 2.22. The molecule has 0 radical (unpaired) electrons. The lowest BCUT2D eigenvalue weighted by Gasteiger charge is -2.33. The molecule has 1 aromatic rings. The first-order chi connectivity index (χ1) is 12.1. The average Bonchev–Trinajstić information content (AvgIpc) is 2.53. The van der Waals surface area contributed by atoms with Crippen molar-refractivity contribution in [1.29, 1.82) is 0 Å².